The zero-order valence-corrected chi connectivity index (χ0v) is 15.0. The molecule has 0 spiro atoms. The van der Waals surface area contributed by atoms with Crippen LogP contribution in [0.4, 0.5) is 10.2 Å². The average molecular weight is 377 g/mol. The number of aromatic nitrogens is 3. The number of nitrogens with zero attached hydrogens (tertiary/aromatic N) is 4. The zero-order valence-electron chi connectivity index (χ0n) is 14.1. The Balaban J connectivity index is 1.91. The van der Waals surface area contributed by atoms with Crippen LogP contribution in [0.2, 0.25) is 0 Å². The Morgan fingerprint density at radius 3 is 2.73 bits per heavy atom. The van der Waals surface area contributed by atoms with E-state index in [-0.39, 0.29) is 47.3 Å². The Bertz CT molecular complexity index is 942. The SMILES string of the molecule is CC(C)N1Cc2c(n(CC(=O)Nc3ccc(F)cn3)c(S)nc2=O)C1=O. The number of nitrogens with one attached hydrogen (secondary N) is 1. The van der Waals surface area contributed by atoms with E-state index >= 15 is 0 Å². The summed E-state index contributed by atoms with van der Waals surface area (Å²) < 4.78 is 14.2. The van der Waals surface area contributed by atoms with Gasteiger partial charge in [0.1, 0.15) is 23.9 Å². The molecule has 0 fully saturated rings. The van der Waals surface area contributed by atoms with Gasteiger partial charge in [-0.3, -0.25) is 14.4 Å². The van der Waals surface area contributed by atoms with Crippen molar-refractivity contribution in [3.05, 3.63) is 45.8 Å². The Morgan fingerprint density at radius 2 is 2.12 bits per heavy atom. The van der Waals surface area contributed by atoms with Crippen molar-refractivity contribution < 1.29 is 14.0 Å². The van der Waals surface area contributed by atoms with E-state index in [4.69, 9.17) is 0 Å². The summed E-state index contributed by atoms with van der Waals surface area (Å²) in [5.41, 5.74) is -0.168. The predicted octanol–water partition coefficient (Wildman–Crippen LogP) is 1.07. The second kappa shape index (κ2) is 6.87. The lowest BCUT2D eigenvalue weighted by molar-refractivity contribution is -0.116. The van der Waals surface area contributed by atoms with Crippen LogP contribution in [0, 0.1) is 5.82 Å². The molecule has 136 valence electrons. The molecule has 0 aromatic carbocycles. The summed E-state index contributed by atoms with van der Waals surface area (Å²) in [5.74, 6) is -1.22. The van der Waals surface area contributed by atoms with E-state index in [1.165, 1.54) is 15.5 Å². The predicted molar refractivity (Wildman–Crippen MR) is 93.6 cm³/mol. The first kappa shape index (κ1) is 18.1. The maximum absolute atomic E-state index is 12.9. The third kappa shape index (κ3) is 3.32. The second-order valence-corrected chi connectivity index (χ2v) is 6.47. The Morgan fingerprint density at radius 1 is 1.38 bits per heavy atom. The molecule has 3 heterocycles. The molecule has 1 N–H and O–H groups in total. The van der Waals surface area contributed by atoms with Gasteiger partial charge in [-0.2, -0.15) is 4.98 Å². The van der Waals surface area contributed by atoms with Crippen LogP contribution in [0.1, 0.15) is 29.9 Å². The zero-order chi connectivity index (χ0) is 19.0. The average Bonchev–Trinajstić information content (AvgIpc) is 2.92. The molecule has 2 amide bonds. The van der Waals surface area contributed by atoms with Crippen molar-refractivity contribution in [3.8, 4) is 0 Å². The van der Waals surface area contributed by atoms with Crippen LogP contribution in [0.3, 0.4) is 0 Å². The van der Waals surface area contributed by atoms with Gasteiger partial charge in [0.05, 0.1) is 18.3 Å². The number of pyridine rings is 1. The summed E-state index contributed by atoms with van der Waals surface area (Å²) in [4.78, 5) is 46.1. The third-order valence-corrected chi connectivity index (χ3v) is 4.31. The van der Waals surface area contributed by atoms with E-state index in [1.54, 1.807) is 0 Å². The standard InChI is InChI=1S/C16H16FN5O3S/c1-8(2)21-6-10-13(15(21)25)22(16(26)20-14(10)24)7-12(23)19-11-4-3-9(17)5-18-11/h3-5,8H,6-7H2,1-2H3,(H,18,19,23)(H,20,24,26). The first-order chi connectivity index (χ1) is 12.3. The molecule has 1 aliphatic heterocycles. The van der Waals surface area contributed by atoms with E-state index in [0.717, 1.165) is 12.3 Å². The molecular formula is C16H16FN5O3S. The summed E-state index contributed by atoms with van der Waals surface area (Å²) in [6.45, 7) is 3.53. The first-order valence-electron chi connectivity index (χ1n) is 7.83. The van der Waals surface area contributed by atoms with Crippen molar-refractivity contribution in [1.29, 1.82) is 0 Å². The minimum absolute atomic E-state index is 0.0325. The number of amides is 2. The number of thiol groups is 1. The molecule has 0 radical (unpaired) electrons. The fourth-order valence-corrected chi connectivity index (χ4v) is 2.95. The van der Waals surface area contributed by atoms with Crippen LogP contribution in [0.15, 0.2) is 28.3 Å². The maximum Gasteiger partial charge on any atom is 0.279 e. The Kier molecular flexibility index (Phi) is 4.77. The number of halogens is 1. The first-order valence-corrected chi connectivity index (χ1v) is 8.27. The molecule has 0 saturated heterocycles. The molecule has 2 aromatic heterocycles. The van der Waals surface area contributed by atoms with Crippen LogP contribution in [0.25, 0.3) is 0 Å². The highest BCUT2D eigenvalue weighted by molar-refractivity contribution is 7.80. The van der Waals surface area contributed by atoms with Crippen molar-refractivity contribution in [2.75, 3.05) is 5.32 Å². The fourth-order valence-electron chi connectivity index (χ4n) is 2.69. The highest BCUT2D eigenvalue weighted by atomic mass is 32.1. The third-order valence-electron chi connectivity index (χ3n) is 3.97. The molecule has 10 heteroatoms. The second-order valence-electron chi connectivity index (χ2n) is 6.07. The van der Waals surface area contributed by atoms with Gasteiger partial charge in [0, 0.05) is 6.04 Å². The van der Waals surface area contributed by atoms with Gasteiger partial charge >= 0.3 is 0 Å². The van der Waals surface area contributed by atoms with Crippen LogP contribution >= 0.6 is 12.6 Å². The lowest BCUT2D eigenvalue weighted by atomic mass is 10.2. The van der Waals surface area contributed by atoms with Gasteiger partial charge in [-0.25, -0.2) is 9.37 Å². The minimum atomic E-state index is -0.529. The molecule has 2 aromatic rings. The molecule has 26 heavy (non-hydrogen) atoms. The van der Waals surface area contributed by atoms with E-state index in [9.17, 15) is 18.8 Å². The molecular weight excluding hydrogens is 361 g/mol. The van der Waals surface area contributed by atoms with E-state index in [2.05, 4.69) is 27.9 Å². The molecule has 1 aliphatic rings. The van der Waals surface area contributed by atoms with Crippen LogP contribution in [0.5, 0.6) is 0 Å². The van der Waals surface area contributed by atoms with Crippen molar-refractivity contribution in [3.63, 3.8) is 0 Å². The number of hydrogen-bond acceptors (Lipinski definition) is 6. The Labute approximate surface area is 153 Å². The van der Waals surface area contributed by atoms with Gasteiger partial charge in [0.25, 0.3) is 11.5 Å². The van der Waals surface area contributed by atoms with Crippen molar-refractivity contribution in [2.24, 2.45) is 0 Å². The number of anilines is 1. The number of rotatable bonds is 4. The van der Waals surface area contributed by atoms with Crippen LogP contribution in [-0.2, 0) is 17.9 Å². The normalized spacial score (nSPS) is 13.3. The number of fused-ring (bicyclic) bond motifs is 1. The summed E-state index contributed by atoms with van der Waals surface area (Å²) in [7, 11) is 0. The van der Waals surface area contributed by atoms with E-state index < -0.39 is 17.3 Å². The largest absolute Gasteiger partial charge is 0.330 e. The van der Waals surface area contributed by atoms with Crippen molar-refractivity contribution in [1.82, 2.24) is 19.4 Å². The lowest BCUT2D eigenvalue weighted by Crippen LogP contribution is -2.32. The summed E-state index contributed by atoms with van der Waals surface area (Å²) >= 11 is 4.14. The molecule has 0 bridgehead atoms. The quantitative estimate of drug-likeness (QED) is 0.614. The summed E-state index contributed by atoms with van der Waals surface area (Å²) in [6.07, 6.45) is 0.975. The van der Waals surface area contributed by atoms with E-state index in [1.807, 2.05) is 13.8 Å². The lowest BCUT2D eigenvalue weighted by Gasteiger charge is -2.20. The van der Waals surface area contributed by atoms with Gasteiger partial charge < -0.3 is 14.8 Å². The molecule has 0 aliphatic carbocycles. The highest BCUT2D eigenvalue weighted by Gasteiger charge is 2.35. The van der Waals surface area contributed by atoms with Gasteiger partial charge in [-0.1, -0.05) is 0 Å². The number of carbonyl (C=O) groups is 2. The fraction of sp³-hybridized carbons (Fsp3) is 0.312. The smallest absolute Gasteiger partial charge is 0.279 e. The molecule has 0 atom stereocenters. The maximum atomic E-state index is 12.9. The molecule has 0 unspecified atom stereocenters. The summed E-state index contributed by atoms with van der Waals surface area (Å²) in [6, 6.07) is 2.37. The van der Waals surface area contributed by atoms with Gasteiger partial charge in [-0.15, -0.1) is 12.6 Å². The van der Waals surface area contributed by atoms with Crippen molar-refractivity contribution >= 4 is 30.3 Å². The Hall–Kier alpha value is -2.75. The molecule has 0 saturated carbocycles. The van der Waals surface area contributed by atoms with Crippen molar-refractivity contribution in [2.45, 2.75) is 38.1 Å². The highest BCUT2D eigenvalue weighted by Crippen LogP contribution is 2.23. The van der Waals surface area contributed by atoms with E-state index in [0.29, 0.717) is 0 Å². The van der Waals surface area contributed by atoms with Gasteiger partial charge in [-0.05, 0) is 26.0 Å². The van der Waals surface area contributed by atoms with Gasteiger partial charge in [0.2, 0.25) is 5.91 Å². The molecule has 3 rings (SSSR count). The molecule has 8 nitrogen and oxygen atoms in total. The van der Waals surface area contributed by atoms with Gasteiger partial charge in [0.15, 0.2) is 5.16 Å². The van der Waals surface area contributed by atoms with Crippen LogP contribution < -0.4 is 10.9 Å². The van der Waals surface area contributed by atoms with Crippen LogP contribution in [-0.4, -0.2) is 37.3 Å². The number of carbonyl (C=O) groups excluding carboxylic acids is 2. The topological polar surface area (TPSA) is 97.2 Å². The monoisotopic (exact) mass is 377 g/mol. The minimum Gasteiger partial charge on any atom is -0.330 e. The summed E-state index contributed by atoms with van der Waals surface area (Å²) in [5, 5.41) is 2.46. The number of hydrogen-bond donors (Lipinski definition) is 2.